The first-order valence-electron chi connectivity index (χ1n) is 11.0. The zero-order valence-corrected chi connectivity index (χ0v) is 19.6. The zero-order chi connectivity index (χ0) is 22.1. The van der Waals surface area contributed by atoms with Crippen LogP contribution in [0.2, 0.25) is 0 Å². The second kappa shape index (κ2) is 16.5. The van der Waals surface area contributed by atoms with Crippen molar-refractivity contribution in [3.8, 4) is 5.75 Å². The van der Waals surface area contributed by atoms with Crippen molar-refractivity contribution < 1.29 is 4.74 Å². The summed E-state index contributed by atoms with van der Waals surface area (Å²) in [4.78, 5) is 0. The van der Waals surface area contributed by atoms with Gasteiger partial charge in [0.05, 0.1) is 7.11 Å². The van der Waals surface area contributed by atoms with Gasteiger partial charge in [-0.25, -0.2) is 0 Å². The first-order valence-corrected chi connectivity index (χ1v) is 11.0. The Balaban J connectivity index is 0.00000184. The Kier molecular flexibility index (Phi) is 15.1. The summed E-state index contributed by atoms with van der Waals surface area (Å²) < 4.78 is 5.54. The maximum absolute atomic E-state index is 5.54. The number of anilines is 1. The smallest absolute Gasteiger partial charge is 0.126 e. The Bertz CT molecular complexity index is 707. The first-order chi connectivity index (χ1) is 14.2. The van der Waals surface area contributed by atoms with Crippen molar-refractivity contribution >= 4 is 11.3 Å². The molecule has 1 N–H and O–H groups in total. The molecule has 0 saturated carbocycles. The van der Waals surface area contributed by atoms with Crippen LogP contribution in [0.5, 0.6) is 5.75 Å². The van der Waals surface area contributed by atoms with Crippen LogP contribution in [0.1, 0.15) is 66.4 Å². The van der Waals surface area contributed by atoms with Crippen LogP contribution in [0, 0.1) is 5.92 Å². The van der Waals surface area contributed by atoms with Gasteiger partial charge in [-0.15, -0.1) is 0 Å². The molecule has 0 fully saturated rings. The van der Waals surface area contributed by atoms with Crippen LogP contribution in [-0.2, 0) is 0 Å². The van der Waals surface area contributed by atoms with Gasteiger partial charge in [-0.05, 0) is 55.5 Å². The lowest BCUT2D eigenvalue weighted by Crippen LogP contribution is -2.05. The normalized spacial score (nSPS) is 15.5. The summed E-state index contributed by atoms with van der Waals surface area (Å²) in [5.41, 5.74) is 4.34. The molecule has 1 unspecified atom stereocenters. The van der Waals surface area contributed by atoms with Gasteiger partial charge in [0.25, 0.3) is 0 Å². The second-order valence-corrected chi connectivity index (χ2v) is 6.20. The van der Waals surface area contributed by atoms with E-state index in [1.165, 1.54) is 12.8 Å². The van der Waals surface area contributed by atoms with Crippen molar-refractivity contribution in [3.63, 3.8) is 0 Å². The van der Waals surface area contributed by atoms with Crippen molar-refractivity contribution in [2.45, 2.75) is 60.8 Å². The average molecular weight is 396 g/mol. The molecule has 1 aromatic carbocycles. The minimum Gasteiger partial charge on any atom is -0.496 e. The van der Waals surface area contributed by atoms with Gasteiger partial charge in [-0.2, -0.15) is 0 Å². The second-order valence-electron chi connectivity index (χ2n) is 6.20. The van der Waals surface area contributed by atoms with Gasteiger partial charge in [0.1, 0.15) is 5.75 Å². The summed E-state index contributed by atoms with van der Waals surface area (Å²) in [7, 11) is 1.70. The number of allylic oxidation sites excluding steroid dienone is 8. The monoisotopic (exact) mass is 395 g/mol. The van der Waals surface area contributed by atoms with Gasteiger partial charge < -0.3 is 10.1 Å². The highest BCUT2D eigenvalue weighted by molar-refractivity contribution is 5.81. The third-order valence-electron chi connectivity index (χ3n) is 4.29. The minimum atomic E-state index is 0.679. The summed E-state index contributed by atoms with van der Waals surface area (Å²) in [5.74, 6) is 1.53. The maximum Gasteiger partial charge on any atom is 0.126 e. The SMILES string of the molecule is C=C/C=C(\C=C/C)c1cc(NC2=CCC(CCC)C=C2)ccc1OC.CC.CC. The predicted octanol–water partition coefficient (Wildman–Crippen LogP) is 8.57. The van der Waals surface area contributed by atoms with Crippen LogP contribution in [0.15, 0.2) is 73.0 Å². The molecule has 2 nitrogen and oxygen atoms in total. The Morgan fingerprint density at radius 3 is 2.48 bits per heavy atom. The molecular formula is C27H41NO. The minimum absolute atomic E-state index is 0.679. The van der Waals surface area contributed by atoms with Crippen LogP contribution in [0.25, 0.3) is 5.57 Å². The van der Waals surface area contributed by atoms with E-state index in [9.17, 15) is 0 Å². The van der Waals surface area contributed by atoms with Crippen LogP contribution >= 0.6 is 0 Å². The molecule has 1 aromatic rings. The van der Waals surface area contributed by atoms with E-state index in [0.717, 1.165) is 34.7 Å². The molecule has 0 bridgehead atoms. The fourth-order valence-corrected chi connectivity index (χ4v) is 3.06. The van der Waals surface area contributed by atoms with Crippen molar-refractivity contribution in [3.05, 3.63) is 78.6 Å². The molecule has 2 rings (SSSR count). The highest BCUT2D eigenvalue weighted by Crippen LogP contribution is 2.31. The fraction of sp³-hybridized carbons (Fsp3) is 0.407. The molecule has 160 valence electrons. The van der Waals surface area contributed by atoms with E-state index >= 15 is 0 Å². The Hall–Kier alpha value is -2.48. The average Bonchev–Trinajstić information content (AvgIpc) is 2.78. The Morgan fingerprint density at radius 1 is 1.24 bits per heavy atom. The molecule has 0 aliphatic heterocycles. The molecule has 29 heavy (non-hydrogen) atoms. The summed E-state index contributed by atoms with van der Waals surface area (Å²) in [6.45, 7) is 16.1. The van der Waals surface area contributed by atoms with E-state index in [2.05, 4.69) is 55.3 Å². The third kappa shape index (κ3) is 9.04. The number of rotatable bonds is 8. The first kappa shape index (κ1) is 26.5. The Morgan fingerprint density at radius 2 is 1.97 bits per heavy atom. The van der Waals surface area contributed by atoms with Gasteiger partial charge in [-0.1, -0.05) is 84.1 Å². The molecule has 2 heteroatoms. The molecule has 0 aromatic heterocycles. The van der Waals surface area contributed by atoms with Crippen LogP contribution < -0.4 is 10.1 Å². The van der Waals surface area contributed by atoms with E-state index in [-0.39, 0.29) is 0 Å². The highest BCUT2D eigenvalue weighted by Gasteiger charge is 2.10. The summed E-state index contributed by atoms with van der Waals surface area (Å²) >= 11 is 0. The zero-order valence-electron chi connectivity index (χ0n) is 19.6. The lowest BCUT2D eigenvalue weighted by molar-refractivity contribution is 0.413. The lowest BCUT2D eigenvalue weighted by Gasteiger charge is -2.18. The van der Waals surface area contributed by atoms with Gasteiger partial charge in [0.15, 0.2) is 0 Å². The summed E-state index contributed by atoms with van der Waals surface area (Å²) in [5, 5.41) is 3.52. The summed E-state index contributed by atoms with van der Waals surface area (Å²) in [6.07, 6.45) is 18.3. The maximum atomic E-state index is 5.54. The van der Waals surface area contributed by atoms with Crippen molar-refractivity contribution in [1.82, 2.24) is 0 Å². The molecule has 1 aliphatic rings. The van der Waals surface area contributed by atoms with E-state index in [4.69, 9.17) is 4.74 Å². The van der Waals surface area contributed by atoms with E-state index in [1.807, 2.05) is 52.8 Å². The fourth-order valence-electron chi connectivity index (χ4n) is 3.06. The molecule has 0 saturated heterocycles. The van der Waals surface area contributed by atoms with E-state index in [0.29, 0.717) is 5.92 Å². The van der Waals surface area contributed by atoms with Crippen LogP contribution in [0.3, 0.4) is 0 Å². The van der Waals surface area contributed by atoms with Gasteiger partial charge in [0, 0.05) is 16.9 Å². The molecule has 0 spiro atoms. The van der Waals surface area contributed by atoms with Crippen molar-refractivity contribution in [2.24, 2.45) is 5.92 Å². The number of benzene rings is 1. The topological polar surface area (TPSA) is 21.3 Å². The van der Waals surface area contributed by atoms with Crippen molar-refractivity contribution in [1.29, 1.82) is 0 Å². The third-order valence-corrected chi connectivity index (χ3v) is 4.29. The number of nitrogens with one attached hydrogen (secondary N) is 1. The summed E-state index contributed by atoms with van der Waals surface area (Å²) in [6, 6.07) is 6.18. The van der Waals surface area contributed by atoms with Gasteiger partial charge in [-0.3, -0.25) is 0 Å². The lowest BCUT2D eigenvalue weighted by atomic mass is 9.95. The number of ether oxygens (including phenoxy) is 1. The molecular weight excluding hydrogens is 354 g/mol. The molecule has 0 amide bonds. The van der Waals surface area contributed by atoms with Crippen LogP contribution in [-0.4, -0.2) is 7.11 Å². The quantitative estimate of drug-likeness (QED) is 0.445. The number of hydrogen-bond donors (Lipinski definition) is 1. The highest BCUT2D eigenvalue weighted by atomic mass is 16.5. The molecule has 0 radical (unpaired) electrons. The molecule has 1 aliphatic carbocycles. The van der Waals surface area contributed by atoms with E-state index < -0.39 is 0 Å². The van der Waals surface area contributed by atoms with Crippen LogP contribution in [0.4, 0.5) is 5.69 Å². The van der Waals surface area contributed by atoms with Crippen molar-refractivity contribution in [2.75, 3.05) is 12.4 Å². The Labute approximate surface area is 179 Å². The predicted molar refractivity (Wildman–Crippen MR) is 133 cm³/mol. The molecule has 1 atom stereocenters. The number of methoxy groups -OCH3 is 1. The standard InChI is InChI=1S/C23H29NO.2C2H6/c1-5-8-18-11-13-20(14-12-18)24-21-15-16-23(25-4)22(17-21)19(9-6-2)10-7-3;2*1-2/h6-7,9-11,13-18,24H,2,5,8,12H2,1,3-4H3;2*1-2H3/b10-7-,19-9+;;. The van der Waals surface area contributed by atoms with Gasteiger partial charge in [0.2, 0.25) is 0 Å². The largest absolute Gasteiger partial charge is 0.496 e. The van der Waals surface area contributed by atoms with E-state index in [1.54, 1.807) is 13.2 Å². The molecule has 0 heterocycles. The van der Waals surface area contributed by atoms with Gasteiger partial charge >= 0.3 is 0 Å². The number of hydrogen-bond acceptors (Lipinski definition) is 2.